The van der Waals surface area contributed by atoms with E-state index in [1.807, 2.05) is 72.8 Å². The number of hydrogen-bond donors (Lipinski definition) is 0. The molecular weight excluding hydrogens is 769 g/mol. The molecule has 0 saturated carbocycles. The molecule has 5 heteroatoms. The highest BCUT2D eigenvalue weighted by molar-refractivity contribution is 6.16. The van der Waals surface area contributed by atoms with E-state index in [9.17, 15) is 5.26 Å². The van der Waals surface area contributed by atoms with Gasteiger partial charge in [-0.25, -0.2) is 4.85 Å². The van der Waals surface area contributed by atoms with Crippen LogP contribution in [-0.2, 0) is 0 Å². The lowest BCUT2D eigenvalue weighted by atomic mass is 9.93. The van der Waals surface area contributed by atoms with Gasteiger partial charge in [-0.05, 0) is 142 Å². The van der Waals surface area contributed by atoms with E-state index in [-0.39, 0.29) is 0 Å². The minimum absolute atomic E-state index is 0.543. The smallest absolute Gasteiger partial charge is 0.202 e. The second-order valence-electron chi connectivity index (χ2n) is 15.3. The second-order valence-corrected chi connectivity index (χ2v) is 15.3. The van der Waals surface area contributed by atoms with Gasteiger partial charge in [0.25, 0.3) is 0 Å². The number of rotatable bonds is 11. The Kier molecular flexibility index (Phi) is 11.3. The lowest BCUT2D eigenvalue weighted by Crippen LogP contribution is -2.09. The molecule has 9 aromatic rings. The number of aryl methyl sites for hydroxylation is 1. The summed E-state index contributed by atoms with van der Waals surface area (Å²) in [6.45, 7) is 10.4. The van der Waals surface area contributed by atoms with Crippen LogP contribution in [-0.4, -0.2) is 7.11 Å². The van der Waals surface area contributed by atoms with Crippen LogP contribution in [0.15, 0.2) is 194 Å². The molecular formula is C58H42N4O. The molecule has 0 heterocycles. The van der Waals surface area contributed by atoms with Crippen molar-refractivity contribution in [1.29, 1.82) is 5.26 Å². The maximum atomic E-state index is 10.5. The fourth-order valence-corrected chi connectivity index (χ4v) is 8.02. The van der Waals surface area contributed by atoms with E-state index in [0.29, 0.717) is 11.3 Å². The maximum absolute atomic E-state index is 10.5. The molecule has 0 spiro atoms. The first-order valence-electron chi connectivity index (χ1n) is 20.8. The van der Waals surface area contributed by atoms with Crippen LogP contribution in [0, 0.1) is 24.8 Å². The first-order chi connectivity index (χ1) is 31.0. The monoisotopic (exact) mass is 810 g/mol. The zero-order chi connectivity index (χ0) is 43.1. The van der Waals surface area contributed by atoms with Crippen LogP contribution < -0.4 is 14.5 Å². The van der Waals surface area contributed by atoms with Gasteiger partial charge in [-0.15, -0.1) is 0 Å². The number of benzene rings is 9. The van der Waals surface area contributed by atoms with E-state index in [0.717, 1.165) is 83.7 Å². The van der Waals surface area contributed by atoms with Crippen LogP contribution in [0.4, 0.5) is 39.8 Å². The van der Waals surface area contributed by atoms with Crippen LogP contribution >= 0.6 is 0 Å². The first kappa shape index (κ1) is 39.8. The van der Waals surface area contributed by atoms with Crippen molar-refractivity contribution < 1.29 is 4.74 Å². The first-order valence-corrected chi connectivity index (χ1v) is 20.8. The normalized spacial score (nSPS) is 11.2. The van der Waals surface area contributed by atoms with Gasteiger partial charge in [0.15, 0.2) is 0 Å². The van der Waals surface area contributed by atoms with Crippen molar-refractivity contribution in [3.8, 4) is 11.8 Å². The molecule has 0 unspecified atom stereocenters. The fraction of sp³-hybridized carbons (Fsp3) is 0.0345. The molecule has 0 aliphatic heterocycles. The lowest BCUT2D eigenvalue weighted by Gasteiger charge is -2.25. The van der Waals surface area contributed by atoms with E-state index >= 15 is 0 Å². The predicted molar refractivity (Wildman–Crippen MR) is 264 cm³/mol. The Morgan fingerprint density at radius 2 is 0.857 bits per heavy atom. The van der Waals surface area contributed by atoms with Gasteiger partial charge in [0.2, 0.25) is 5.69 Å². The highest BCUT2D eigenvalue weighted by Crippen LogP contribution is 2.41. The molecule has 0 radical (unpaired) electrons. The molecule has 0 N–H and O–H groups in total. The van der Waals surface area contributed by atoms with Crippen LogP contribution in [0.5, 0.6) is 5.75 Å². The molecule has 0 fully saturated rings. The fourth-order valence-electron chi connectivity index (χ4n) is 8.02. The molecule has 0 atom stereocenters. The molecule has 9 aromatic carbocycles. The van der Waals surface area contributed by atoms with Crippen molar-refractivity contribution in [2.75, 3.05) is 16.9 Å². The number of fused-ring (bicyclic) bond motifs is 2. The van der Waals surface area contributed by atoms with Gasteiger partial charge in [0.05, 0.1) is 19.2 Å². The van der Waals surface area contributed by atoms with E-state index in [1.54, 1.807) is 7.11 Å². The van der Waals surface area contributed by atoms with Crippen LogP contribution in [0.2, 0.25) is 0 Å². The Morgan fingerprint density at radius 3 is 1.32 bits per heavy atom. The van der Waals surface area contributed by atoms with Crippen LogP contribution in [0.25, 0.3) is 50.7 Å². The average molecular weight is 811 g/mol. The molecule has 0 bridgehead atoms. The summed E-state index contributed by atoms with van der Waals surface area (Å²) in [4.78, 5) is 8.49. The van der Waals surface area contributed by atoms with Gasteiger partial charge in [-0.3, -0.25) is 0 Å². The quantitative estimate of drug-likeness (QED) is 0.0741. The molecule has 300 valence electrons. The van der Waals surface area contributed by atoms with Gasteiger partial charge in [-0.2, -0.15) is 5.26 Å². The standard InChI is InChI=1S/C58H42N4O/c1-41-14-26-48(27-15-41)61(46-10-6-4-7-11-46)49-28-20-43(21-29-49)17-19-45-24-36-53-56(39-45)58(60-2)54-37-25-44(38-55(54)57(53)40-59)18-16-42-22-30-50(31-23-42)62(47-12-8-5-9-13-47)51-32-34-52(63-3)35-33-51/h4-39H,1,3H3. The Bertz CT molecular complexity index is 3200. The number of hydrogen-bond acceptors (Lipinski definition) is 4. The number of para-hydroxylation sites is 2. The third-order valence-corrected chi connectivity index (χ3v) is 11.3. The largest absolute Gasteiger partial charge is 0.497 e. The second kappa shape index (κ2) is 17.9. The molecule has 0 aliphatic carbocycles. The summed E-state index contributed by atoms with van der Waals surface area (Å²) in [5.41, 5.74) is 12.7. The van der Waals surface area contributed by atoms with E-state index in [1.165, 1.54) is 5.56 Å². The Balaban J connectivity index is 0.969. The minimum atomic E-state index is 0.543. The third kappa shape index (κ3) is 8.41. The van der Waals surface area contributed by atoms with E-state index in [4.69, 9.17) is 11.3 Å². The summed E-state index contributed by atoms with van der Waals surface area (Å²) in [6, 6.07) is 68.7. The van der Waals surface area contributed by atoms with Crippen molar-refractivity contribution in [3.05, 3.63) is 239 Å². The summed E-state index contributed by atoms with van der Waals surface area (Å²) < 4.78 is 5.40. The molecule has 5 nitrogen and oxygen atoms in total. The number of nitrogens with zero attached hydrogens (tertiary/aromatic N) is 4. The van der Waals surface area contributed by atoms with Crippen LogP contribution in [0.1, 0.15) is 33.4 Å². The summed E-state index contributed by atoms with van der Waals surface area (Å²) in [6.07, 6.45) is 8.27. The topological polar surface area (TPSA) is 43.9 Å². The minimum Gasteiger partial charge on any atom is -0.497 e. The summed E-state index contributed by atoms with van der Waals surface area (Å²) >= 11 is 0. The molecule has 0 amide bonds. The number of methoxy groups -OCH3 is 1. The zero-order valence-corrected chi connectivity index (χ0v) is 35.0. The Labute approximate surface area is 368 Å². The lowest BCUT2D eigenvalue weighted by molar-refractivity contribution is 0.415. The number of ether oxygens (including phenoxy) is 1. The molecule has 9 rings (SSSR count). The van der Waals surface area contributed by atoms with Crippen LogP contribution in [0.3, 0.4) is 0 Å². The SMILES string of the molecule is [C-]#[N+]c1c2ccc(C=Cc3ccc(N(c4ccccc4)c4ccc(OC)cc4)cc3)cc2c(C#N)c2ccc(C=Cc3ccc(N(c4ccccc4)c4ccc(C)cc4)cc3)cc12. The van der Waals surface area contributed by atoms with E-state index in [2.05, 4.69) is 173 Å². The van der Waals surface area contributed by atoms with Gasteiger partial charge in [0.1, 0.15) is 11.8 Å². The van der Waals surface area contributed by atoms with Gasteiger partial charge >= 0.3 is 0 Å². The highest BCUT2D eigenvalue weighted by atomic mass is 16.5. The third-order valence-electron chi connectivity index (χ3n) is 11.3. The van der Waals surface area contributed by atoms with Crippen molar-refractivity contribution >= 4 is 85.7 Å². The zero-order valence-electron chi connectivity index (χ0n) is 35.0. The molecule has 0 aliphatic rings. The summed E-state index contributed by atoms with van der Waals surface area (Å²) in [7, 11) is 1.67. The van der Waals surface area contributed by atoms with Gasteiger partial charge in [0, 0.05) is 34.1 Å². The summed E-state index contributed by atoms with van der Waals surface area (Å²) in [5.74, 6) is 0.808. The van der Waals surface area contributed by atoms with Gasteiger partial charge < -0.3 is 14.5 Å². The Hall–Kier alpha value is -8.64. The van der Waals surface area contributed by atoms with Crippen molar-refractivity contribution in [2.45, 2.75) is 6.92 Å². The maximum Gasteiger partial charge on any atom is 0.202 e. The Morgan fingerprint density at radius 1 is 0.460 bits per heavy atom. The molecule has 63 heavy (non-hydrogen) atoms. The average Bonchev–Trinajstić information content (AvgIpc) is 3.34. The van der Waals surface area contributed by atoms with Gasteiger partial charge in [-0.1, -0.05) is 133 Å². The van der Waals surface area contributed by atoms with Crippen molar-refractivity contribution in [1.82, 2.24) is 0 Å². The van der Waals surface area contributed by atoms with E-state index < -0.39 is 0 Å². The van der Waals surface area contributed by atoms with Crippen molar-refractivity contribution in [3.63, 3.8) is 0 Å². The number of anilines is 6. The van der Waals surface area contributed by atoms with Crippen molar-refractivity contribution in [2.24, 2.45) is 0 Å². The number of nitriles is 1. The molecule has 0 aromatic heterocycles. The highest BCUT2D eigenvalue weighted by Gasteiger charge is 2.16. The molecule has 0 saturated heterocycles. The summed E-state index contributed by atoms with van der Waals surface area (Å²) in [5, 5.41) is 13.6. The predicted octanol–water partition coefficient (Wildman–Crippen LogP) is 16.0.